The Morgan fingerprint density at radius 2 is 1.76 bits per heavy atom. The number of hydrogen-bond acceptors (Lipinski definition) is 9. The van der Waals surface area contributed by atoms with E-state index in [0.29, 0.717) is 29.9 Å². The van der Waals surface area contributed by atoms with E-state index in [9.17, 15) is 9.59 Å². The summed E-state index contributed by atoms with van der Waals surface area (Å²) in [5, 5.41) is 4.31. The van der Waals surface area contributed by atoms with Gasteiger partial charge in [-0.3, -0.25) is 4.79 Å². The van der Waals surface area contributed by atoms with Crippen molar-refractivity contribution in [1.82, 2.24) is 15.1 Å². The van der Waals surface area contributed by atoms with E-state index in [0.717, 1.165) is 18.8 Å². The van der Waals surface area contributed by atoms with Crippen LogP contribution in [0.15, 0.2) is 35.1 Å². The number of nitrogens with zero attached hydrogens (tertiary/aromatic N) is 5. The summed E-state index contributed by atoms with van der Waals surface area (Å²) in [5.74, 6) is 0.123. The lowest BCUT2D eigenvalue weighted by atomic mass is 10.1. The van der Waals surface area contributed by atoms with Crippen LogP contribution in [-0.2, 0) is 4.74 Å². The molecule has 3 heterocycles. The molecular weight excluding hydrogens is 374 g/mol. The molecule has 1 aliphatic rings. The number of Topliss-reactive ketones (excluding diaryl/α,β-unsaturated/α-hetero) is 1. The molecule has 0 saturated carbocycles. The Kier molecular flexibility index (Phi) is 5.11. The van der Waals surface area contributed by atoms with Gasteiger partial charge in [-0.15, -0.1) is 0 Å². The van der Waals surface area contributed by atoms with Gasteiger partial charge >= 0.3 is 5.97 Å². The van der Waals surface area contributed by atoms with Crippen molar-refractivity contribution in [2.24, 2.45) is 0 Å². The number of anilines is 2. The van der Waals surface area contributed by atoms with E-state index in [2.05, 4.69) is 24.9 Å². The molecule has 9 nitrogen and oxygen atoms in total. The topological polar surface area (TPSA) is 102 Å². The van der Waals surface area contributed by atoms with Gasteiger partial charge in [0.1, 0.15) is 17.5 Å². The zero-order valence-electron chi connectivity index (χ0n) is 16.3. The maximum Gasteiger partial charge on any atom is 0.361 e. The van der Waals surface area contributed by atoms with Crippen molar-refractivity contribution >= 4 is 34.4 Å². The highest BCUT2D eigenvalue weighted by Gasteiger charge is 2.27. The largest absolute Gasteiger partial charge is 0.461 e. The zero-order valence-corrected chi connectivity index (χ0v) is 16.3. The summed E-state index contributed by atoms with van der Waals surface area (Å²) in [6.07, 6.45) is 1.41. The summed E-state index contributed by atoms with van der Waals surface area (Å²) in [7, 11) is 0. The third kappa shape index (κ3) is 3.63. The van der Waals surface area contributed by atoms with Crippen LogP contribution in [0.1, 0.15) is 34.7 Å². The first-order chi connectivity index (χ1) is 14.1. The standard InChI is InChI=1S/C20H21N5O4/c1-3-28-20(27)17-16-18(21-12-22-19(16)29-23-17)25-10-8-24(9-11-25)15-6-4-14(5-7-15)13(2)26/h4-7,12H,3,8-11H2,1-2H3. The Morgan fingerprint density at radius 1 is 1.07 bits per heavy atom. The van der Waals surface area contributed by atoms with Crippen molar-refractivity contribution < 1.29 is 18.8 Å². The van der Waals surface area contributed by atoms with E-state index >= 15 is 0 Å². The third-order valence-corrected chi connectivity index (χ3v) is 4.94. The van der Waals surface area contributed by atoms with Crippen LogP contribution in [0.3, 0.4) is 0 Å². The molecule has 150 valence electrons. The summed E-state index contributed by atoms with van der Waals surface area (Å²) >= 11 is 0. The fraction of sp³-hybridized carbons (Fsp3) is 0.350. The van der Waals surface area contributed by atoms with Crippen LogP contribution in [-0.4, -0.2) is 59.7 Å². The van der Waals surface area contributed by atoms with Crippen molar-refractivity contribution in [3.05, 3.63) is 41.9 Å². The summed E-state index contributed by atoms with van der Waals surface area (Å²) in [6, 6.07) is 7.63. The van der Waals surface area contributed by atoms with Crippen molar-refractivity contribution in [2.45, 2.75) is 13.8 Å². The molecule has 0 spiro atoms. The fourth-order valence-corrected chi connectivity index (χ4v) is 3.43. The molecule has 0 amide bonds. The molecule has 0 unspecified atom stereocenters. The number of hydrogen-bond donors (Lipinski definition) is 0. The van der Waals surface area contributed by atoms with Gasteiger partial charge in [0.15, 0.2) is 5.78 Å². The monoisotopic (exact) mass is 395 g/mol. The van der Waals surface area contributed by atoms with Crippen LogP contribution in [0.4, 0.5) is 11.5 Å². The van der Waals surface area contributed by atoms with Gasteiger partial charge in [-0.05, 0) is 38.1 Å². The van der Waals surface area contributed by atoms with Gasteiger partial charge < -0.3 is 19.1 Å². The average molecular weight is 395 g/mol. The van der Waals surface area contributed by atoms with E-state index in [1.165, 1.54) is 6.33 Å². The predicted octanol–water partition coefficient (Wildman–Crippen LogP) is 2.32. The van der Waals surface area contributed by atoms with Gasteiger partial charge in [-0.1, -0.05) is 5.16 Å². The normalized spacial score (nSPS) is 14.3. The second kappa shape index (κ2) is 7.86. The lowest BCUT2D eigenvalue weighted by Crippen LogP contribution is -2.47. The van der Waals surface area contributed by atoms with Gasteiger partial charge in [-0.2, -0.15) is 4.98 Å². The average Bonchev–Trinajstić information content (AvgIpc) is 3.19. The highest BCUT2D eigenvalue weighted by atomic mass is 16.5. The number of fused-ring (bicyclic) bond motifs is 1. The summed E-state index contributed by atoms with van der Waals surface area (Å²) in [5.41, 5.74) is 2.13. The molecule has 0 N–H and O–H groups in total. The van der Waals surface area contributed by atoms with Gasteiger partial charge in [0.25, 0.3) is 5.71 Å². The lowest BCUT2D eigenvalue weighted by molar-refractivity contribution is 0.0516. The Morgan fingerprint density at radius 3 is 2.41 bits per heavy atom. The van der Waals surface area contributed by atoms with Crippen molar-refractivity contribution in [2.75, 3.05) is 42.6 Å². The van der Waals surface area contributed by atoms with E-state index in [1.807, 2.05) is 24.3 Å². The highest BCUT2D eigenvalue weighted by molar-refractivity contribution is 6.04. The van der Waals surface area contributed by atoms with Gasteiger partial charge in [-0.25, -0.2) is 9.78 Å². The first-order valence-corrected chi connectivity index (χ1v) is 9.47. The minimum Gasteiger partial charge on any atom is -0.461 e. The summed E-state index contributed by atoms with van der Waals surface area (Å²) < 4.78 is 10.3. The van der Waals surface area contributed by atoms with Crippen molar-refractivity contribution in [3.8, 4) is 0 Å². The maximum atomic E-state index is 12.2. The zero-order chi connectivity index (χ0) is 20.4. The van der Waals surface area contributed by atoms with Gasteiger partial charge in [0, 0.05) is 37.4 Å². The fourth-order valence-electron chi connectivity index (χ4n) is 3.43. The molecule has 0 aliphatic carbocycles. The molecular formula is C20H21N5O4. The predicted molar refractivity (Wildman–Crippen MR) is 106 cm³/mol. The van der Waals surface area contributed by atoms with Gasteiger partial charge in [0.2, 0.25) is 5.69 Å². The van der Waals surface area contributed by atoms with Crippen molar-refractivity contribution in [3.63, 3.8) is 0 Å². The number of ketones is 1. The highest BCUT2D eigenvalue weighted by Crippen LogP contribution is 2.28. The van der Waals surface area contributed by atoms with Gasteiger partial charge in [0.05, 0.1) is 6.61 Å². The molecule has 1 aromatic carbocycles. The smallest absolute Gasteiger partial charge is 0.361 e. The molecule has 2 aromatic heterocycles. The number of carbonyl (C=O) groups excluding carboxylic acids is 2. The minimum atomic E-state index is -0.550. The van der Waals surface area contributed by atoms with Crippen LogP contribution >= 0.6 is 0 Å². The Hall–Kier alpha value is -3.49. The number of carbonyl (C=O) groups is 2. The number of ether oxygens (including phenoxy) is 1. The molecule has 1 fully saturated rings. The Balaban J connectivity index is 1.54. The molecule has 1 saturated heterocycles. The lowest BCUT2D eigenvalue weighted by Gasteiger charge is -2.36. The maximum absolute atomic E-state index is 12.2. The van der Waals surface area contributed by atoms with Crippen LogP contribution < -0.4 is 9.80 Å². The van der Waals surface area contributed by atoms with Crippen LogP contribution in [0.25, 0.3) is 11.1 Å². The quantitative estimate of drug-likeness (QED) is 0.476. The molecule has 0 radical (unpaired) electrons. The number of piperazine rings is 1. The third-order valence-electron chi connectivity index (χ3n) is 4.94. The molecule has 29 heavy (non-hydrogen) atoms. The number of benzene rings is 1. The van der Waals surface area contributed by atoms with E-state index in [-0.39, 0.29) is 23.8 Å². The second-order valence-corrected chi connectivity index (χ2v) is 6.71. The number of rotatable bonds is 5. The molecule has 0 atom stereocenters. The van der Waals surface area contributed by atoms with Crippen LogP contribution in [0, 0.1) is 0 Å². The summed E-state index contributed by atoms with van der Waals surface area (Å²) in [6.45, 7) is 6.49. The minimum absolute atomic E-state index is 0.0558. The SMILES string of the molecule is CCOC(=O)c1noc2ncnc(N3CCN(c4ccc(C(C)=O)cc4)CC3)c12. The molecule has 3 aromatic rings. The first-order valence-electron chi connectivity index (χ1n) is 9.47. The molecule has 0 bridgehead atoms. The molecule has 4 rings (SSSR count). The van der Waals surface area contributed by atoms with E-state index in [4.69, 9.17) is 9.26 Å². The van der Waals surface area contributed by atoms with E-state index in [1.54, 1.807) is 13.8 Å². The molecule has 1 aliphatic heterocycles. The number of esters is 1. The second-order valence-electron chi connectivity index (χ2n) is 6.71. The van der Waals surface area contributed by atoms with E-state index < -0.39 is 5.97 Å². The Bertz CT molecular complexity index is 1040. The van der Waals surface area contributed by atoms with Crippen LogP contribution in [0.2, 0.25) is 0 Å². The van der Waals surface area contributed by atoms with Crippen molar-refractivity contribution in [1.29, 1.82) is 0 Å². The first kappa shape index (κ1) is 18.9. The number of aromatic nitrogens is 3. The summed E-state index contributed by atoms with van der Waals surface area (Å²) in [4.78, 5) is 36.5. The van der Waals surface area contributed by atoms with Crippen LogP contribution in [0.5, 0.6) is 0 Å². The molecule has 9 heteroatoms. The Labute approximate surface area is 167 Å².